The summed E-state index contributed by atoms with van der Waals surface area (Å²) in [6.45, 7) is 0.414. The molecule has 5 heteroatoms. The third-order valence-electron chi connectivity index (χ3n) is 2.04. The minimum absolute atomic E-state index is 0.240. The van der Waals surface area contributed by atoms with Crippen LogP contribution in [0.25, 0.3) is 0 Å². The number of carbonyl (C=O) groups excluding carboxylic acids is 1. The molecule has 0 aliphatic rings. The van der Waals surface area contributed by atoms with Crippen LogP contribution in [0.1, 0.15) is 12.8 Å². The van der Waals surface area contributed by atoms with Crippen molar-refractivity contribution in [2.24, 2.45) is 0 Å². The molecule has 0 bridgehead atoms. The lowest BCUT2D eigenvalue weighted by Gasteiger charge is -2.10. The molecule has 1 unspecified atom stereocenters. The van der Waals surface area contributed by atoms with Gasteiger partial charge in [0, 0.05) is 19.2 Å². The lowest BCUT2D eigenvalue weighted by Crippen LogP contribution is -2.20. The predicted molar refractivity (Wildman–Crippen MR) is 56.5 cm³/mol. The number of aliphatic hydroxyl groups is 1. The summed E-state index contributed by atoms with van der Waals surface area (Å²) in [4.78, 5) is 13.7. The first-order chi connectivity index (χ1) is 7.22. The molecular weight excluding hydrogens is 196 g/mol. The van der Waals surface area contributed by atoms with Gasteiger partial charge in [0.1, 0.15) is 5.82 Å². The number of ether oxygens (including phenoxy) is 1. The maximum absolute atomic E-state index is 10.8. The van der Waals surface area contributed by atoms with Crippen molar-refractivity contribution in [2.75, 3.05) is 19.0 Å². The van der Waals surface area contributed by atoms with E-state index in [0.717, 1.165) is 5.82 Å². The van der Waals surface area contributed by atoms with Gasteiger partial charge in [0.05, 0.1) is 13.2 Å². The Morgan fingerprint density at radius 2 is 2.53 bits per heavy atom. The topological polar surface area (TPSA) is 74.3 Å². The van der Waals surface area contributed by atoms with Crippen molar-refractivity contribution in [1.82, 2.24) is 4.98 Å². The summed E-state index contributed by atoms with van der Waals surface area (Å²) in [6.07, 6.45) is 1.89. The Balaban J connectivity index is 2.13. The molecule has 0 aromatic carbocycles. The molecule has 1 rings (SSSR count). The number of nitrogens with one attached hydrogen (secondary N) is 2. The summed E-state index contributed by atoms with van der Waals surface area (Å²) in [6, 6.07) is 3.73. The number of rotatable bonds is 6. The van der Waals surface area contributed by atoms with Gasteiger partial charge < -0.3 is 20.1 Å². The highest BCUT2D eigenvalue weighted by Crippen LogP contribution is 2.03. The molecule has 0 aliphatic carbocycles. The van der Waals surface area contributed by atoms with E-state index in [-0.39, 0.29) is 12.4 Å². The molecule has 0 amide bonds. The van der Waals surface area contributed by atoms with Crippen molar-refractivity contribution < 1.29 is 14.6 Å². The molecule has 15 heavy (non-hydrogen) atoms. The van der Waals surface area contributed by atoms with E-state index in [0.29, 0.717) is 13.0 Å². The minimum atomic E-state index is -0.549. The zero-order valence-electron chi connectivity index (χ0n) is 8.69. The fourth-order valence-corrected chi connectivity index (χ4v) is 1.16. The summed E-state index contributed by atoms with van der Waals surface area (Å²) in [5, 5.41) is 12.5. The standard InChI is InChI=1S/C10H16N2O3/c1-15-10(14)5-4-8(13)7-12-9-3-2-6-11-9/h2-3,6,8,11-13H,4-5,7H2,1H3. The zero-order valence-corrected chi connectivity index (χ0v) is 8.69. The van der Waals surface area contributed by atoms with Gasteiger partial charge in [-0.3, -0.25) is 4.79 Å². The molecule has 0 radical (unpaired) electrons. The quantitative estimate of drug-likeness (QED) is 0.608. The molecule has 0 spiro atoms. The molecule has 0 saturated carbocycles. The van der Waals surface area contributed by atoms with E-state index in [1.807, 2.05) is 12.1 Å². The molecule has 1 aromatic heterocycles. The van der Waals surface area contributed by atoms with E-state index in [4.69, 9.17) is 0 Å². The third kappa shape index (κ3) is 4.51. The highest BCUT2D eigenvalue weighted by atomic mass is 16.5. The van der Waals surface area contributed by atoms with Crippen LogP contribution in [0.4, 0.5) is 5.82 Å². The molecule has 0 fully saturated rings. The number of anilines is 1. The van der Waals surface area contributed by atoms with Gasteiger partial charge in [-0.15, -0.1) is 0 Å². The smallest absolute Gasteiger partial charge is 0.305 e. The van der Waals surface area contributed by atoms with Crippen LogP contribution in [0.2, 0.25) is 0 Å². The van der Waals surface area contributed by atoms with Crippen molar-refractivity contribution in [2.45, 2.75) is 18.9 Å². The maximum atomic E-state index is 10.8. The average molecular weight is 212 g/mol. The summed E-state index contributed by atoms with van der Waals surface area (Å²) < 4.78 is 4.47. The number of hydrogen-bond acceptors (Lipinski definition) is 4. The van der Waals surface area contributed by atoms with E-state index in [1.54, 1.807) is 6.20 Å². The Bertz CT molecular complexity index is 285. The third-order valence-corrected chi connectivity index (χ3v) is 2.04. The van der Waals surface area contributed by atoms with Gasteiger partial charge in [-0.05, 0) is 18.6 Å². The Hall–Kier alpha value is -1.49. The fourth-order valence-electron chi connectivity index (χ4n) is 1.16. The Kier molecular flexibility index (Phi) is 4.70. The second-order valence-electron chi connectivity index (χ2n) is 3.23. The number of methoxy groups -OCH3 is 1. The van der Waals surface area contributed by atoms with E-state index in [1.165, 1.54) is 7.11 Å². The Morgan fingerprint density at radius 3 is 3.13 bits per heavy atom. The first kappa shape index (κ1) is 11.6. The van der Waals surface area contributed by atoms with Crippen molar-refractivity contribution >= 4 is 11.8 Å². The summed E-state index contributed by atoms with van der Waals surface area (Å²) in [7, 11) is 1.34. The molecule has 3 N–H and O–H groups in total. The minimum Gasteiger partial charge on any atom is -0.469 e. The first-order valence-corrected chi connectivity index (χ1v) is 4.84. The van der Waals surface area contributed by atoms with Gasteiger partial charge in [-0.25, -0.2) is 0 Å². The number of carbonyl (C=O) groups is 1. The van der Waals surface area contributed by atoms with Gasteiger partial charge in [0.2, 0.25) is 0 Å². The Labute approximate surface area is 88.4 Å². The van der Waals surface area contributed by atoms with Crippen LogP contribution in [0.15, 0.2) is 18.3 Å². The van der Waals surface area contributed by atoms with E-state index < -0.39 is 6.10 Å². The summed E-state index contributed by atoms with van der Waals surface area (Å²) in [5.41, 5.74) is 0. The van der Waals surface area contributed by atoms with E-state index in [2.05, 4.69) is 15.0 Å². The molecule has 1 heterocycles. The van der Waals surface area contributed by atoms with Crippen LogP contribution in [0, 0.1) is 0 Å². The van der Waals surface area contributed by atoms with Crippen LogP contribution >= 0.6 is 0 Å². The molecule has 0 aliphatic heterocycles. The van der Waals surface area contributed by atoms with Crippen LogP contribution < -0.4 is 5.32 Å². The van der Waals surface area contributed by atoms with Crippen molar-refractivity contribution in [1.29, 1.82) is 0 Å². The molecule has 1 atom stereocenters. The Morgan fingerprint density at radius 1 is 1.73 bits per heavy atom. The molecule has 5 nitrogen and oxygen atoms in total. The van der Waals surface area contributed by atoms with Crippen molar-refractivity contribution in [3.63, 3.8) is 0 Å². The first-order valence-electron chi connectivity index (χ1n) is 4.84. The van der Waals surface area contributed by atoms with Crippen LogP contribution in [-0.2, 0) is 9.53 Å². The number of aromatic nitrogens is 1. The van der Waals surface area contributed by atoms with Crippen LogP contribution in [-0.4, -0.2) is 35.8 Å². The van der Waals surface area contributed by atoms with Crippen molar-refractivity contribution in [3.05, 3.63) is 18.3 Å². The van der Waals surface area contributed by atoms with E-state index in [9.17, 15) is 9.90 Å². The number of hydrogen-bond donors (Lipinski definition) is 3. The van der Waals surface area contributed by atoms with E-state index >= 15 is 0 Å². The average Bonchev–Trinajstić information content (AvgIpc) is 2.75. The van der Waals surface area contributed by atoms with Gasteiger partial charge in [-0.1, -0.05) is 0 Å². The highest BCUT2D eigenvalue weighted by Gasteiger charge is 2.07. The molecule has 0 saturated heterocycles. The largest absolute Gasteiger partial charge is 0.469 e. The van der Waals surface area contributed by atoms with Crippen molar-refractivity contribution in [3.8, 4) is 0 Å². The van der Waals surface area contributed by atoms with Gasteiger partial charge >= 0.3 is 5.97 Å². The SMILES string of the molecule is COC(=O)CCC(O)CNc1ccc[nH]1. The van der Waals surface area contributed by atoms with Crippen LogP contribution in [0.5, 0.6) is 0 Å². The fraction of sp³-hybridized carbons (Fsp3) is 0.500. The number of aliphatic hydroxyl groups excluding tert-OH is 1. The number of H-pyrrole nitrogens is 1. The van der Waals surface area contributed by atoms with Gasteiger partial charge in [0.15, 0.2) is 0 Å². The highest BCUT2D eigenvalue weighted by molar-refractivity contribution is 5.69. The number of esters is 1. The van der Waals surface area contributed by atoms with Gasteiger partial charge in [0.25, 0.3) is 0 Å². The van der Waals surface area contributed by atoms with Crippen LogP contribution in [0.3, 0.4) is 0 Å². The lowest BCUT2D eigenvalue weighted by molar-refractivity contribution is -0.141. The molecular formula is C10H16N2O3. The number of aromatic amines is 1. The molecule has 1 aromatic rings. The monoisotopic (exact) mass is 212 g/mol. The predicted octanol–water partition coefficient (Wildman–Crippen LogP) is 0.741. The van der Waals surface area contributed by atoms with Gasteiger partial charge in [-0.2, -0.15) is 0 Å². The lowest BCUT2D eigenvalue weighted by atomic mass is 10.2. The normalized spacial score (nSPS) is 12.1. The second kappa shape index (κ2) is 6.08. The maximum Gasteiger partial charge on any atom is 0.305 e. The summed E-state index contributed by atoms with van der Waals surface area (Å²) in [5.74, 6) is 0.557. The summed E-state index contributed by atoms with van der Waals surface area (Å²) >= 11 is 0. The zero-order chi connectivity index (χ0) is 11.1. The molecule has 84 valence electrons. The second-order valence-corrected chi connectivity index (χ2v) is 3.23.